The van der Waals surface area contributed by atoms with Gasteiger partial charge in [0.25, 0.3) is 0 Å². The van der Waals surface area contributed by atoms with E-state index in [1.807, 2.05) is 0 Å². The van der Waals surface area contributed by atoms with E-state index in [9.17, 15) is 0 Å². The highest BCUT2D eigenvalue weighted by atomic mass is 14.2. The molecule has 0 aliphatic heterocycles. The molecule has 0 atom stereocenters. The highest BCUT2D eigenvalue weighted by molar-refractivity contribution is 4.66. The number of rotatable bonds is 3. The van der Waals surface area contributed by atoms with Crippen molar-refractivity contribution in [2.24, 2.45) is 11.8 Å². The molecule has 1 rings (SSSR count). The quantitative estimate of drug-likeness (QED) is 0.579. The van der Waals surface area contributed by atoms with E-state index in [0.29, 0.717) is 0 Å². The van der Waals surface area contributed by atoms with Crippen LogP contribution in [0.3, 0.4) is 0 Å². The molecule has 0 heteroatoms. The predicted molar refractivity (Wildman–Crippen MR) is 57.4 cm³/mol. The van der Waals surface area contributed by atoms with Gasteiger partial charge in [-0.15, -0.1) is 0 Å². The average molecular weight is 170 g/mol. The molecule has 0 saturated heterocycles. The van der Waals surface area contributed by atoms with Crippen LogP contribution in [0.5, 0.6) is 0 Å². The van der Waals surface area contributed by atoms with Gasteiger partial charge in [-0.25, -0.2) is 0 Å². The molecule has 74 valence electrons. The lowest BCUT2D eigenvalue weighted by atomic mass is 9.84. The Kier molecular flexibility index (Phi) is 7.64. The van der Waals surface area contributed by atoms with E-state index in [1.165, 1.54) is 38.5 Å². The molecule has 0 unspecified atom stereocenters. The summed E-state index contributed by atoms with van der Waals surface area (Å²) in [7, 11) is 0. The zero-order valence-electron chi connectivity index (χ0n) is 9.40. The van der Waals surface area contributed by atoms with E-state index < -0.39 is 0 Å². The zero-order valence-corrected chi connectivity index (χ0v) is 9.40. The van der Waals surface area contributed by atoms with Gasteiger partial charge in [0.15, 0.2) is 0 Å². The molecular formula is C12H26. The third kappa shape index (κ3) is 5.62. The minimum absolute atomic E-state index is 0.935. The summed E-state index contributed by atoms with van der Waals surface area (Å²) in [5.41, 5.74) is 0. The van der Waals surface area contributed by atoms with E-state index in [2.05, 4.69) is 27.7 Å². The summed E-state index contributed by atoms with van der Waals surface area (Å²) in [5, 5.41) is 0. The summed E-state index contributed by atoms with van der Waals surface area (Å²) in [6.07, 6.45) is 8.60. The van der Waals surface area contributed by atoms with Crippen LogP contribution in [0.2, 0.25) is 0 Å². The van der Waals surface area contributed by atoms with Gasteiger partial charge in [0.1, 0.15) is 0 Å². The fourth-order valence-electron chi connectivity index (χ4n) is 1.19. The molecule has 1 aliphatic carbocycles. The van der Waals surface area contributed by atoms with Crippen LogP contribution in [0, 0.1) is 11.8 Å². The fraction of sp³-hybridized carbons (Fsp3) is 1.00. The minimum Gasteiger partial charge on any atom is -0.0651 e. The summed E-state index contributed by atoms with van der Waals surface area (Å²) >= 11 is 0. The summed E-state index contributed by atoms with van der Waals surface area (Å²) in [5.74, 6) is 2.05. The average Bonchev–Trinajstić information content (AvgIpc) is 2.02. The Bertz CT molecular complexity index is 69.3. The van der Waals surface area contributed by atoms with Crippen LogP contribution in [-0.2, 0) is 0 Å². The van der Waals surface area contributed by atoms with Crippen molar-refractivity contribution in [3.05, 3.63) is 0 Å². The molecule has 0 aromatic rings. The second-order valence-corrected chi connectivity index (χ2v) is 4.13. The maximum atomic E-state index is 2.28. The van der Waals surface area contributed by atoms with E-state index in [0.717, 1.165) is 11.8 Å². The van der Waals surface area contributed by atoms with Gasteiger partial charge < -0.3 is 0 Å². The van der Waals surface area contributed by atoms with Crippen LogP contribution in [0.4, 0.5) is 0 Å². The maximum absolute atomic E-state index is 2.28. The summed E-state index contributed by atoms with van der Waals surface area (Å²) in [4.78, 5) is 0. The van der Waals surface area contributed by atoms with Crippen LogP contribution in [0.15, 0.2) is 0 Å². The molecule has 0 nitrogen and oxygen atoms in total. The van der Waals surface area contributed by atoms with Crippen molar-refractivity contribution in [1.29, 1.82) is 0 Å². The largest absolute Gasteiger partial charge is 0.0651 e. The lowest BCUT2D eigenvalue weighted by Gasteiger charge is -2.22. The molecule has 0 spiro atoms. The van der Waals surface area contributed by atoms with Crippen molar-refractivity contribution in [2.45, 2.75) is 66.2 Å². The Balaban J connectivity index is 0.000000202. The fourth-order valence-corrected chi connectivity index (χ4v) is 1.19. The Morgan fingerprint density at radius 1 is 1.08 bits per heavy atom. The molecule has 0 aromatic heterocycles. The molecule has 0 bridgehead atoms. The summed E-state index contributed by atoms with van der Waals surface area (Å²) in [6, 6.07) is 0. The monoisotopic (exact) mass is 170 g/mol. The molecular weight excluding hydrogens is 144 g/mol. The van der Waals surface area contributed by atoms with Gasteiger partial charge in [0.05, 0.1) is 0 Å². The van der Waals surface area contributed by atoms with Gasteiger partial charge in [-0.3, -0.25) is 0 Å². The normalized spacial score (nSPS) is 16.8. The first-order chi connectivity index (χ1) is 5.74. The smallest absolute Gasteiger partial charge is 0.0417 e. The second kappa shape index (κ2) is 7.64. The lowest BCUT2D eigenvalue weighted by Crippen LogP contribution is -2.08. The Morgan fingerprint density at radius 2 is 1.58 bits per heavy atom. The molecule has 0 amide bonds. The van der Waals surface area contributed by atoms with Gasteiger partial charge in [-0.1, -0.05) is 66.2 Å². The molecule has 1 saturated carbocycles. The second-order valence-electron chi connectivity index (χ2n) is 4.13. The molecule has 0 heterocycles. The summed E-state index contributed by atoms with van der Waals surface area (Å²) in [6.45, 7) is 9.02. The van der Waals surface area contributed by atoms with Gasteiger partial charge >= 0.3 is 0 Å². The molecule has 0 aromatic carbocycles. The number of hydrogen-bond acceptors (Lipinski definition) is 0. The SMILES string of the molecule is CCC(C)CC.CCC1CCC1. The van der Waals surface area contributed by atoms with E-state index in [4.69, 9.17) is 0 Å². The van der Waals surface area contributed by atoms with Gasteiger partial charge in [0.2, 0.25) is 0 Å². The predicted octanol–water partition coefficient (Wildman–Crippen LogP) is 4.64. The van der Waals surface area contributed by atoms with Crippen molar-refractivity contribution in [2.75, 3.05) is 0 Å². The highest BCUT2D eigenvalue weighted by Crippen LogP contribution is 2.28. The molecule has 1 fully saturated rings. The molecule has 12 heavy (non-hydrogen) atoms. The van der Waals surface area contributed by atoms with Crippen LogP contribution in [-0.4, -0.2) is 0 Å². The minimum atomic E-state index is 0.935. The van der Waals surface area contributed by atoms with Crippen molar-refractivity contribution in [1.82, 2.24) is 0 Å². The van der Waals surface area contributed by atoms with E-state index in [-0.39, 0.29) is 0 Å². The van der Waals surface area contributed by atoms with Crippen LogP contribution in [0.25, 0.3) is 0 Å². The lowest BCUT2D eigenvalue weighted by molar-refractivity contribution is 0.307. The van der Waals surface area contributed by atoms with Crippen LogP contribution >= 0.6 is 0 Å². The third-order valence-electron chi connectivity index (χ3n) is 3.20. The Labute approximate surface area is 78.8 Å². The summed E-state index contributed by atoms with van der Waals surface area (Å²) < 4.78 is 0. The van der Waals surface area contributed by atoms with Crippen LogP contribution < -0.4 is 0 Å². The maximum Gasteiger partial charge on any atom is -0.0417 e. The van der Waals surface area contributed by atoms with Crippen molar-refractivity contribution >= 4 is 0 Å². The first-order valence-corrected chi connectivity index (χ1v) is 5.74. The third-order valence-corrected chi connectivity index (χ3v) is 3.20. The van der Waals surface area contributed by atoms with Crippen molar-refractivity contribution < 1.29 is 0 Å². The highest BCUT2D eigenvalue weighted by Gasteiger charge is 2.13. The topological polar surface area (TPSA) is 0 Å². The first-order valence-electron chi connectivity index (χ1n) is 5.74. The standard InChI is InChI=1S/C6H12.C6H14/c1-2-6-4-3-5-6;1-4-6(3)5-2/h6H,2-5H2,1H3;6H,4-5H2,1-3H3. The van der Waals surface area contributed by atoms with Gasteiger partial charge in [0, 0.05) is 0 Å². The van der Waals surface area contributed by atoms with Crippen molar-refractivity contribution in [3.63, 3.8) is 0 Å². The van der Waals surface area contributed by atoms with Gasteiger partial charge in [-0.05, 0) is 11.8 Å². The number of hydrogen-bond donors (Lipinski definition) is 0. The Hall–Kier alpha value is 0. The van der Waals surface area contributed by atoms with Crippen LogP contribution in [0.1, 0.15) is 66.2 Å². The first kappa shape index (κ1) is 12.0. The molecule has 0 radical (unpaired) electrons. The molecule has 1 aliphatic rings. The van der Waals surface area contributed by atoms with Gasteiger partial charge in [-0.2, -0.15) is 0 Å². The van der Waals surface area contributed by atoms with Crippen molar-refractivity contribution in [3.8, 4) is 0 Å². The van der Waals surface area contributed by atoms with E-state index in [1.54, 1.807) is 0 Å². The Morgan fingerprint density at radius 3 is 1.58 bits per heavy atom. The van der Waals surface area contributed by atoms with E-state index >= 15 is 0 Å². The zero-order chi connectivity index (χ0) is 9.40. The molecule has 0 N–H and O–H groups in total.